The van der Waals surface area contributed by atoms with Gasteiger partial charge in [-0.25, -0.2) is 0 Å². The second-order valence-corrected chi connectivity index (χ2v) is 4.33. The summed E-state index contributed by atoms with van der Waals surface area (Å²) in [5.74, 6) is 1.38. The largest absolute Gasteiger partial charge is 0.385 e. The third-order valence-electron chi connectivity index (χ3n) is 2.47. The van der Waals surface area contributed by atoms with Crippen molar-refractivity contribution in [3.63, 3.8) is 0 Å². The van der Waals surface area contributed by atoms with Crippen molar-refractivity contribution in [2.24, 2.45) is 5.92 Å². The summed E-state index contributed by atoms with van der Waals surface area (Å²) >= 11 is 5.74. The lowest BCUT2D eigenvalue weighted by Gasteiger charge is -2.10. The highest BCUT2D eigenvalue weighted by Crippen LogP contribution is 2.12. The Morgan fingerprint density at radius 3 is 3.00 bits per heavy atom. The molecule has 0 spiro atoms. The van der Waals surface area contributed by atoms with E-state index in [1.165, 1.54) is 17.7 Å². The Balaban J connectivity index is 2.23. The molecule has 1 aromatic heterocycles. The maximum absolute atomic E-state index is 5.74. The van der Waals surface area contributed by atoms with Crippen LogP contribution in [0.3, 0.4) is 0 Å². The first-order valence-corrected chi connectivity index (χ1v) is 5.98. The maximum Gasteiger partial charge on any atom is 0.0400 e. The average molecular weight is 227 g/mol. The molecule has 0 aliphatic heterocycles. The van der Waals surface area contributed by atoms with Crippen LogP contribution in [0.25, 0.3) is 0 Å². The van der Waals surface area contributed by atoms with Gasteiger partial charge < -0.3 is 5.32 Å². The Bertz CT molecular complexity index is 289. The minimum atomic E-state index is 0.618. The van der Waals surface area contributed by atoms with E-state index in [1.54, 1.807) is 0 Å². The van der Waals surface area contributed by atoms with Crippen LogP contribution in [-0.2, 0) is 0 Å². The lowest BCUT2D eigenvalue weighted by molar-refractivity contribution is 0.572. The second kappa shape index (κ2) is 6.67. The molecule has 0 aliphatic carbocycles. The minimum absolute atomic E-state index is 0.618. The fraction of sp³-hybridized carbons (Fsp3) is 0.583. The molecule has 1 aromatic rings. The van der Waals surface area contributed by atoms with Gasteiger partial charge in [0, 0.05) is 30.5 Å². The predicted molar refractivity (Wildman–Crippen MR) is 66.6 cm³/mol. The summed E-state index contributed by atoms with van der Waals surface area (Å²) < 4.78 is 0. The van der Waals surface area contributed by atoms with Crippen LogP contribution in [0.1, 0.15) is 25.3 Å². The number of alkyl halides is 1. The van der Waals surface area contributed by atoms with Gasteiger partial charge in [0.2, 0.25) is 0 Å². The molecule has 0 saturated carbocycles. The van der Waals surface area contributed by atoms with E-state index in [4.69, 9.17) is 11.6 Å². The number of nitrogens with zero attached hydrogens (tertiary/aromatic N) is 1. The monoisotopic (exact) mass is 226 g/mol. The fourth-order valence-electron chi connectivity index (χ4n) is 1.42. The Hall–Kier alpha value is -0.760. The van der Waals surface area contributed by atoms with E-state index in [9.17, 15) is 0 Å². The van der Waals surface area contributed by atoms with Gasteiger partial charge in [0.25, 0.3) is 0 Å². The average Bonchev–Trinajstić information content (AvgIpc) is 2.26. The van der Waals surface area contributed by atoms with Crippen LogP contribution in [0, 0.1) is 12.8 Å². The zero-order valence-corrected chi connectivity index (χ0v) is 10.2. The number of halogens is 1. The summed E-state index contributed by atoms with van der Waals surface area (Å²) in [7, 11) is 0. The summed E-state index contributed by atoms with van der Waals surface area (Å²) in [4.78, 5) is 4.06. The van der Waals surface area contributed by atoms with E-state index >= 15 is 0 Å². The molecule has 3 heteroatoms. The molecule has 84 valence electrons. The molecule has 1 N–H and O–H groups in total. The van der Waals surface area contributed by atoms with Crippen LogP contribution < -0.4 is 5.32 Å². The van der Waals surface area contributed by atoms with Crippen molar-refractivity contribution in [1.29, 1.82) is 0 Å². The maximum atomic E-state index is 5.74. The van der Waals surface area contributed by atoms with Gasteiger partial charge in [-0.3, -0.25) is 4.98 Å². The van der Waals surface area contributed by atoms with Gasteiger partial charge in [0.1, 0.15) is 0 Å². The van der Waals surface area contributed by atoms with Gasteiger partial charge in [-0.2, -0.15) is 0 Å². The number of rotatable bonds is 6. The smallest absolute Gasteiger partial charge is 0.0400 e. The lowest BCUT2D eigenvalue weighted by Crippen LogP contribution is -2.06. The fourth-order valence-corrected chi connectivity index (χ4v) is 1.58. The van der Waals surface area contributed by atoms with Crippen molar-refractivity contribution in [3.8, 4) is 0 Å². The number of pyridine rings is 1. The number of aryl methyl sites for hydroxylation is 1. The Morgan fingerprint density at radius 2 is 2.33 bits per heavy atom. The molecule has 15 heavy (non-hydrogen) atoms. The highest BCUT2D eigenvalue weighted by molar-refractivity contribution is 6.18. The van der Waals surface area contributed by atoms with E-state index in [1.807, 2.05) is 18.5 Å². The van der Waals surface area contributed by atoms with Gasteiger partial charge in [-0.15, -0.1) is 11.6 Å². The number of aromatic nitrogens is 1. The van der Waals surface area contributed by atoms with E-state index in [0.29, 0.717) is 5.92 Å². The van der Waals surface area contributed by atoms with Crippen molar-refractivity contribution >= 4 is 17.3 Å². The zero-order chi connectivity index (χ0) is 11.1. The molecule has 0 bridgehead atoms. The van der Waals surface area contributed by atoms with Gasteiger partial charge >= 0.3 is 0 Å². The van der Waals surface area contributed by atoms with Crippen LogP contribution in [0.4, 0.5) is 5.69 Å². The summed E-state index contributed by atoms with van der Waals surface area (Å²) in [5.41, 5.74) is 2.38. The molecule has 1 rings (SSSR count). The first-order chi connectivity index (χ1) is 7.24. The molecule has 1 heterocycles. The van der Waals surface area contributed by atoms with Crippen molar-refractivity contribution in [3.05, 3.63) is 24.0 Å². The quantitative estimate of drug-likeness (QED) is 0.594. The molecule has 0 radical (unpaired) electrons. The van der Waals surface area contributed by atoms with Gasteiger partial charge in [0.15, 0.2) is 0 Å². The number of anilines is 1. The van der Waals surface area contributed by atoms with Crippen molar-refractivity contribution in [2.45, 2.75) is 26.7 Å². The molecular formula is C12H19ClN2. The van der Waals surface area contributed by atoms with Crippen LogP contribution in [0.2, 0.25) is 0 Å². The third kappa shape index (κ3) is 4.52. The number of hydrogen-bond donors (Lipinski definition) is 1. The minimum Gasteiger partial charge on any atom is -0.385 e. The topological polar surface area (TPSA) is 24.9 Å². The van der Waals surface area contributed by atoms with E-state index in [0.717, 1.165) is 18.8 Å². The van der Waals surface area contributed by atoms with Crippen LogP contribution in [-0.4, -0.2) is 17.4 Å². The van der Waals surface area contributed by atoms with Crippen LogP contribution in [0.15, 0.2) is 18.5 Å². The predicted octanol–water partition coefficient (Wildman–Crippen LogP) is 3.46. The van der Waals surface area contributed by atoms with Crippen molar-refractivity contribution < 1.29 is 0 Å². The molecule has 0 fully saturated rings. The SMILES string of the molecule is Cc1cnccc1NCCCC(C)CCl. The third-order valence-corrected chi connectivity index (χ3v) is 3.00. The van der Waals surface area contributed by atoms with E-state index in [2.05, 4.69) is 24.1 Å². The molecule has 0 aliphatic rings. The lowest BCUT2D eigenvalue weighted by atomic mass is 10.1. The Labute approximate surface area is 97.1 Å². The van der Waals surface area contributed by atoms with Gasteiger partial charge in [-0.05, 0) is 37.3 Å². The molecular weight excluding hydrogens is 208 g/mol. The highest BCUT2D eigenvalue weighted by atomic mass is 35.5. The number of hydrogen-bond acceptors (Lipinski definition) is 2. The zero-order valence-electron chi connectivity index (χ0n) is 9.46. The standard InChI is InChI=1S/C12H19ClN2/c1-10(8-13)4-3-6-15-12-5-7-14-9-11(12)2/h5,7,9-10H,3-4,6,8H2,1-2H3,(H,14,15). The Kier molecular flexibility index (Phi) is 5.48. The summed E-state index contributed by atoms with van der Waals surface area (Å²) in [6.07, 6.45) is 6.04. The normalized spacial score (nSPS) is 12.5. The summed E-state index contributed by atoms with van der Waals surface area (Å²) in [6, 6.07) is 2.01. The first-order valence-electron chi connectivity index (χ1n) is 5.44. The van der Waals surface area contributed by atoms with Gasteiger partial charge in [-0.1, -0.05) is 6.92 Å². The van der Waals surface area contributed by atoms with E-state index in [-0.39, 0.29) is 0 Å². The summed E-state index contributed by atoms with van der Waals surface area (Å²) in [6.45, 7) is 5.26. The highest BCUT2D eigenvalue weighted by Gasteiger charge is 2.00. The molecule has 0 aromatic carbocycles. The van der Waals surface area contributed by atoms with Crippen LogP contribution in [0.5, 0.6) is 0 Å². The Morgan fingerprint density at radius 1 is 1.53 bits per heavy atom. The molecule has 0 amide bonds. The van der Waals surface area contributed by atoms with E-state index < -0.39 is 0 Å². The first kappa shape index (κ1) is 12.3. The molecule has 0 saturated heterocycles. The van der Waals surface area contributed by atoms with Crippen LogP contribution >= 0.6 is 11.6 Å². The van der Waals surface area contributed by atoms with Crippen molar-refractivity contribution in [2.75, 3.05) is 17.7 Å². The second-order valence-electron chi connectivity index (χ2n) is 4.02. The molecule has 1 unspecified atom stereocenters. The molecule has 1 atom stereocenters. The van der Waals surface area contributed by atoms with Crippen molar-refractivity contribution in [1.82, 2.24) is 4.98 Å². The number of nitrogens with one attached hydrogen (secondary N) is 1. The van der Waals surface area contributed by atoms with Gasteiger partial charge in [0.05, 0.1) is 0 Å². The summed E-state index contributed by atoms with van der Waals surface area (Å²) in [5, 5.41) is 3.41. The molecule has 2 nitrogen and oxygen atoms in total.